The van der Waals surface area contributed by atoms with Gasteiger partial charge in [-0.15, -0.1) is 0 Å². The van der Waals surface area contributed by atoms with E-state index in [0.29, 0.717) is 19.3 Å². The Morgan fingerprint density at radius 3 is 0.735 bits per heavy atom. The van der Waals surface area contributed by atoms with Crippen molar-refractivity contribution in [2.75, 3.05) is 13.2 Å². The van der Waals surface area contributed by atoms with Gasteiger partial charge < -0.3 is 14.2 Å². The number of carbonyl (C=O) groups excluding carboxylic acids is 3. The zero-order valence-electron chi connectivity index (χ0n) is 55.7. The first-order valence-electron chi connectivity index (χ1n) is 36.8. The molecule has 6 heteroatoms. The van der Waals surface area contributed by atoms with Crippen LogP contribution in [0.2, 0.25) is 0 Å². The van der Waals surface area contributed by atoms with E-state index < -0.39 is 6.10 Å². The number of esters is 3. The molecule has 0 aliphatic heterocycles. The average Bonchev–Trinajstić information content (AvgIpc) is 3.48. The maximum absolute atomic E-state index is 13.0. The van der Waals surface area contributed by atoms with E-state index in [1.165, 1.54) is 263 Å². The zero-order chi connectivity index (χ0) is 59.9. The third-order valence-electron chi connectivity index (χ3n) is 16.5. The highest BCUT2D eigenvalue weighted by Crippen LogP contribution is 2.19. The lowest BCUT2D eigenvalue weighted by molar-refractivity contribution is -0.167. The fourth-order valence-corrected chi connectivity index (χ4v) is 11.1. The van der Waals surface area contributed by atoms with Crippen LogP contribution >= 0.6 is 0 Å². The van der Waals surface area contributed by atoms with Crippen molar-refractivity contribution in [1.82, 2.24) is 0 Å². The van der Waals surface area contributed by atoms with E-state index in [0.717, 1.165) is 89.9 Å². The average molecular weight is 1160 g/mol. The molecule has 0 aromatic carbocycles. The zero-order valence-corrected chi connectivity index (χ0v) is 55.7. The lowest BCUT2D eigenvalue weighted by atomic mass is 10.0. The molecule has 1 unspecified atom stereocenters. The minimum Gasteiger partial charge on any atom is -0.462 e. The van der Waals surface area contributed by atoms with Crippen molar-refractivity contribution in [1.29, 1.82) is 0 Å². The fraction of sp³-hybridized carbons (Fsp3) is 0.831. The SMILES string of the molecule is CC/C=C\C/C=C\C/C=C\C/C=C\C/C=C\CCCCCCCCCCCCCC(=O)OCC(COC(=O)CCCCCCCCCCCCC)OC(=O)CCCCCCCCCCCCCCCCCCCCCCCCCCCCC. The summed E-state index contributed by atoms with van der Waals surface area (Å²) in [4.78, 5) is 38.4. The van der Waals surface area contributed by atoms with Crippen LogP contribution in [0.3, 0.4) is 0 Å². The van der Waals surface area contributed by atoms with Crippen LogP contribution in [-0.4, -0.2) is 37.2 Å². The van der Waals surface area contributed by atoms with E-state index in [1.54, 1.807) is 0 Å². The highest BCUT2D eigenvalue weighted by Gasteiger charge is 2.19. The van der Waals surface area contributed by atoms with Crippen molar-refractivity contribution in [3.05, 3.63) is 60.8 Å². The van der Waals surface area contributed by atoms with Crippen molar-refractivity contribution in [2.24, 2.45) is 0 Å². The van der Waals surface area contributed by atoms with Gasteiger partial charge in [0.05, 0.1) is 0 Å². The maximum Gasteiger partial charge on any atom is 0.306 e. The second kappa shape index (κ2) is 71.6. The number of unbranched alkanes of at least 4 members (excludes halogenated alkanes) is 47. The topological polar surface area (TPSA) is 78.9 Å². The Morgan fingerprint density at radius 2 is 0.470 bits per heavy atom. The van der Waals surface area contributed by atoms with Crippen molar-refractivity contribution in [3.63, 3.8) is 0 Å². The van der Waals surface area contributed by atoms with Gasteiger partial charge in [0.25, 0.3) is 0 Å². The molecule has 83 heavy (non-hydrogen) atoms. The minimum atomic E-state index is -0.773. The first kappa shape index (κ1) is 80.1. The lowest BCUT2D eigenvalue weighted by Gasteiger charge is -2.18. The molecule has 0 saturated heterocycles. The van der Waals surface area contributed by atoms with Gasteiger partial charge in [0.2, 0.25) is 0 Å². The predicted molar refractivity (Wildman–Crippen MR) is 362 cm³/mol. The van der Waals surface area contributed by atoms with Crippen LogP contribution in [0.25, 0.3) is 0 Å². The van der Waals surface area contributed by atoms with Crippen molar-refractivity contribution < 1.29 is 28.6 Å². The molecule has 1 atom stereocenters. The van der Waals surface area contributed by atoms with Crippen LogP contribution in [0.15, 0.2) is 60.8 Å². The van der Waals surface area contributed by atoms with Gasteiger partial charge in [-0.1, -0.05) is 370 Å². The molecule has 484 valence electrons. The van der Waals surface area contributed by atoms with Crippen molar-refractivity contribution in [2.45, 2.75) is 399 Å². The number of rotatable bonds is 68. The number of hydrogen-bond acceptors (Lipinski definition) is 6. The summed E-state index contributed by atoms with van der Waals surface area (Å²) >= 11 is 0. The van der Waals surface area contributed by atoms with Crippen LogP contribution in [0.1, 0.15) is 393 Å². The van der Waals surface area contributed by atoms with Crippen LogP contribution in [0.5, 0.6) is 0 Å². The van der Waals surface area contributed by atoms with Crippen molar-refractivity contribution >= 4 is 17.9 Å². The van der Waals surface area contributed by atoms with Crippen molar-refractivity contribution in [3.8, 4) is 0 Å². The molecule has 0 aliphatic carbocycles. The van der Waals surface area contributed by atoms with Gasteiger partial charge in [0.1, 0.15) is 13.2 Å². The first-order valence-corrected chi connectivity index (χ1v) is 36.8. The smallest absolute Gasteiger partial charge is 0.306 e. The molecule has 0 aliphatic rings. The van der Waals surface area contributed by atoms with E-state index in [-0.39, 0.29) is 31.1 Å². The van der Waals surface area contributed by atoms with Gasteiger partial charge in [-0.25, -0.2) is 0 Å². The summed E-state index contributed by atoms with van der Waals surface area (Å²) in [5, 5.41) is 0. The van der Waals surface area contributed by atoms with Crippen LogP contribution in [0.4, 0.5) is 0 Å². The quantitative estimate of drug-likeness (QED) is 0.0261. The molecule has 6 nitrogen and oxygen atoms in total. The molecule has 0 rings (SSSR count). The third kappa shape index (κ3) is 69.8. The summed E-state index contributed by atoms with van der Waals surface area (Å²) in [6, 6.07) is 0. The number of hydrogen-bond donors (Lipinski definition) is 0. The highest BCUT2D eigenvalue weighted by molar-refractivity contribution is 5.71. The molecule has 0 radical (unpaired) electrons. The van der Waals surface area contributed by atoms with E-state index in [2.05, 4.69) is 81.5 Å². The van der Waals surface area contributed by atoms with Gasteiger partial charge in [-0.2, -0.15) is 0 Å². The second-order valence-electron chi connectivity index (χ2n) is 24.8. The Hall–Kier alpha value is -2.89. The van der Waals surface area contributed by atoms with Gasteiger partial charge in [0.15, 0.2) is 6.10 Å². The van der Waals surface area contributed by atoms with Gasteiger partial charge >= 0.3 is 17.9 Å². The molecule has 0 saturated carbocycles. The summed E-state index contributed by atoms with van der Waals surface area (Å²) in [5.74, 6) is -0.846. The normalized spacial score (nSPS) is 12.4. The Kier molecular flexibility index (Phi) is 69.1. The van der Waals surface area contributed by atoms with Gasteiger partial charge in [0, 0.05) is 19.3 Å². The van der Waals surface area contributed by atoms with E-state index >= 15 is 0 Å². The highest BCUT2D eigenvalue weighted by atomic mass is 16.6. The van der Waals surface area contributed by atoms with E-state index in [4.69, 9.17) is 14.2 Å². The molecule has 0 heterocycles. The largest absolute Gasteiger partial charge is 0.462 e. The molecular weight excluding hydrogens is 1020 g/mol. The maximum atomic E-state index is 13.0. The summed E-state index contributed by atoms with van der Waals surface area (Å²) in [7, 11) is 0. The summed E-state index contributed by atoms with van der Waals surface area (Å²) < 4.78 is 17.0. The number of ether oxygens (including phenoxy) is 3. The molecular formula is C77H140O6. The second-order valence-corrected chi connectivity index (χ2v) is 24.8. The summed E-state index contributed by atoms with van der Waals surface area (Å²) in [6.45, 7) is 6.59. The molecule has 0 bridgehead atoms. The first-order chi connectivity index (χ1) is 41.0. The number of carbonyl (C=O) groups is 3. The predicted octanol–water partition coefficient (Wildman–Crippen LogP) is 25.5. The van der Waals surface area contributed by atoms with Gasteiger partial charge in [-0.3, -0.25) is 14.4 Å². The van der Waals surface area contributed by atoms with E-state index in [1.807, 2.05) is 0 Å². The molecule has 0 aromatic rings. The van der Waals surface area contributed by atoms with Crippen LogP contribution in [-0.2, 0) is 28.6 Å². The van der Waals surface area contributed by atoms with Crippen LogP contribution in [0, 0.1) is 0 Å². The fourth-order valence-electron chi connectivity index (χ4n) is 11.1. The lowest BCUT2D eigenvalue weighted by Crippen LogP contribution is -2.30. The van der Waals surface area contributed by atoms with E-state index in [9.17, 15) is 14.4 Å². The third-order valence-corrected chi connectivity index (χ3v) is 16.5. The standard InChI is InChI=1S/C77H140O6/c1-4-7-10-13-16-19-22-24-26-28-30-32-34-36-38-40-42-44-46-48-50-52-55-58-61-64-67-70-76(79)82-73-74(72-81-75(78)69-66-63-60-57-54-21-18-15-12-9-6-3)83-77(80)71-68-65-62-59-56-53-51-49-47-45-43-41-39-37-35-33-31-29-27-25-23-20-17-14-11-8-5-2/h7,10,16,19,24,26,30,32,36,38,74H,4-6,8-9,11-15,17-18,20-23,25,27-29,31,33-35,37,39-73H2,1-3H3/b10-7-,19-16-,26-24-,32-30-,38-36-. The Bertz CT molecular complexity index is 1470. The molecule has 0 aromatic heterocycles. The summed E-state index contributed by atoms with van der Waals surface area (Å²) in [5.41, 5.74) is 0. The Morgan fingerprint density at radius 1 is 0.253 bits per heavy atom. The Balaban J connectivity index is 4.17. The summed E-state index contributed by atoms with van der Waals surface area (Å²) in [6.07, 6.45) is 92.7. The van der Waals surface area contributed by atoms with Gasteiger partial charge in [-0.05, 0) is 64.2 Å². The Labute approximate surface area is 517 Å². The molecule has 0 N–H and O–H groups in total. The van der Waals surface area contributed by atoms with Crippen LogP contribution < -0.4 is 0 Å². The molecule has 0 spiro atoms. The monoisotopic (exact) mass is 1160 g/mol. The molecule has 0 amide bonds. The number of allylic oxidation sites excluding steroid dienone is 10. The molecule has 0 fully saturated rings. The minimum absolute atomic E-state index is 0.0689.